The number of aliphatic hydroxyl groups is 1. The molecule has 2 nitrogen and oxygen atoms in total. The van der Waals surface area contributed by atoms with Crippen LogP contribution in [0.3, 0.4) is 0 Å². The average Bonchev–Trinajstić information content (AvgIpc) is 2.53. The van der Waals surface area contributed by atoms with Gasteiger partial charge in [-0.2, -0.15) is 0 Å². The lowest BCUT2D eigenvalue weighted by atomic mass is 10.0. The van der Waals surface area contributed by atoms with Crippen LogP contribution in [-0.2, 0) is 12.8 Å². The molecule has 0 heterocycles. The summed E-state index contributed by atoms with van der Waals surface area (Å²) in [6.07, 6.45) is 1.48. The van der Waals surface area contributed by atoms with Gasteiger partial charge in [-0.3, -0.25) is 0 Å². The van der Waals surface area contributed by atoms with Crippen LogP contribution in [0.4, 0.5) is 0 Å². The van der Waals surface area contributed by atoms with Crippen LogP contribution in [0.1, 0.15) is 36.6 Å². The number of hydrogen-bond acceptors (Lipinski definition) is 2. The third-order valence-electron chi connectivity index (χ3n) is 3.87. The van der Waals surface area contributed by atoms with Crippen molar-refractivity contribution in [3.8, 4) is 0 Å². The van der Waals surface area contributed by atoms with Crippen LogP contribution < -0.4 is 5.32 Å². The van der Waals surface area contributed by atoms with E-state index in [0.717, 1.165) is 18.4 Å². The number of benzene rings is 2. The molecule has 3 heteroatoms. The molecule has 0 bridgehead atoms. The summed E-state index contributed by atoms with van der Waals surface area (Å²) in [5, 5.41) is 14.2. The van der Waals surface area contributed by atoms with Crippen molar-refractivity contribution in [2.24, 2.45) is 0 Å². The van der Waals surface area contributed by atoms with Gasteiger partial charge in [-0.25, -0.2) is 0 Å². The van der Waals surface area contributed by atoms with Crippen molar-refractivity contribution >= 4 is 11.6 Å². The fourth-order valence-corrected chi connectivity index (χ4v) is 2.68. The molecule has 2 rings (SSSR count). The fraction of sp³-hybridized carbons (Fsp3) is 0.368. The van der Waals surface area contributed by atoms with Crippen molar-refractivity contribution in [3.05, 3.63) is 70.2 Å². The minimum Gasteiger partial charge on any atom is -0.387 e. The van der Waals surface area contributed by atoms with Gasteiger partial charge in [0.15, 0.2) is 0 Å². The zero-order chi connectivity index (χ0) is 15.9. The molecule has 0 spiro atoms. The normalized spacial score (nSPS) is 13.8. The molecule has 118 valence electrons. The Morgan fingerprint density at radius 2 is 1.77 bits per heavy atom. The van der Waals surface area contributed by atoms with Crippen molar-refractivity contribution in [1.82, 2.24) is 5.32 Å². The van der Waals surface area contributed by atoms with Crippen LogP contribution in [0.15, 0.2) is 48.5 Å². The third-order valence-corrected chi connectivity index (χ3v) is 4.10. The molecule has 2 aromatic rings. The van der Waals surface area contributed by atoms with E-state index in [-0.39, 0.29) is 0 Å². The molecular formula is C19H24ClNO. The molecule has 0 saturated carbocycles. The first-order valence-electron chi connectivity index (χ1n) is 7.83. The van der Waals surface area contributed by atoms with Gasteiger partial charge in [-0.15, -0.1) is 0 Å². The molecule has 0 saturated heterocycles. The summed E-state index contributed by atoms with van der Waals surface area (Å²) < 4.78 is 0. The third kappa shape index (κ3) is 5.13. The topological polar surface area (TPSA) is 32.3 Å². The summed E-state index contributed by atoms with van der Waals surface area (Å²) in [7, 11) is 0. The Morgan fingerprint density at radius 1 is 1.09 bits per heavy atom. The molecule has 0 amide bonds. The first-order valence-corrected chi connectivity index (χ1v) is 8.21. The Hall–Kier alpha value is -1.35. The first kappa shape index (κ1) is 17.0. The van der Waals surface area contributed by atoms with Crippen LogP contribution in [0.5, 0.6) is 0 Å². The van der Waals surface area contributed by atoms with Gasteiger partial charge in [0.05, 0.1) is 6.10 Å². The molecule has 2 N–H and O–H groups in total. The van der Waals surface area contributed by atoms with E-state index in [0.29, 0.717) is 17.6 Å². The number of aliphatic hydroxyl groups excluding tert-OH is 1. The van der Waals surface area contributed by atoms with E-state index in [1.54, 1.807) is 0 Å². The number of nitrogens with one attached hydrogen (secondary N) is 1. The average molecular weight is 318 g/mol. The zero-order valence-corrected chi connectivity index (χ0v) is 14.0. The van der Waals surface area contributed by atoms with Gasteiger partial charge in [0.25, 0.3) is 0 Å². The maximum absolute atomic E-state index is 10.2. The number of rotatable bonds is 7. The van der Waals surface area contributed by atoms with Crippen LogP contribution in [0.2, 0.25) is 5.02 Å². The first-order chi connectivity index (χ1) is 10.6. The highest BCUT2D eigenvalue weighted by Gasteiger charge is 2.10. The van der Waals surface area contributed by atoms with Gasteiger partial charge in [-0.1, -0.05) is 54.9 Å². The molecular weight excluding hydrogens is 294 g/mol. The van der Waals surface area contributed by atoms with Crippen molar-refractivity contribution < 1.29 is 5.11 Å². The van der Waals surface area contributed by atoms with Crippen LogP contribution in [0, 0.1) is 0 Å². The van der Waals surface area contributed by atoms with Gasteiger partial charge in [0.1, 0.15) is 0 Å². The molecule has 0 fully saturated rings. The van der Waals surface area contributed by atoms with E-state index in [1.165, 1.54) is 11.1 Å². The summed E-state index contributed by atoms with van der Waals surface area (Å²) in [6.45, 7) is 4.82. The second-order valence-electron chi connectivity index (χ2n) is 5.75. The van der Waals surface area contributed by atoms with Crippen LogP contribution in [-0.4, -0.2) is 17.7 Å². The van der Waals surface area contributed by atoms with Gasteiger partial charge >= 0.3 is 0 Å². The van der Waals surface area contributed by atoms with E-state index < -0.39 is 6.10 Å². The highest BCUT2D eigenvalue weighted by Crippen LogP contribution is 2.17. The molecule has 0 aromatic heterocycles. The van der Waals surface area contributed by atoms with E-state index in [9.17, 15) is 5.11 Å². The van der Waals surface area contributed by atoms with Gasteiger partial charge in [-0.05, 0) is 48.6 Å². The number of halogens is 1. The van der Waals surface area contributed by atoms with Gasteiger partial charge < -0.3 is 10.4 Å². The summed E-state index contributed by atoms with van der Waals surface area (Å²) in [6, 6.07) is 16.4. The predicted molar refractivity (Wildman–Crippen MR) is 93.4 cm³/mol. The molecule has 0 aliphatic heterocycles. The zero-order valence-electron chi connectivity index (χ0n) is 13.2. The molecule has 0 aliphatic carbocycles. The summed E-state index contributed by atoms with van der Waals surface area (Å²) in [4.78, 5) is 0. The molecule has 0 radical (unpaired) electrons. The van der Waals surface area contributed by atoms with Crippen molar-refractivity contribution in [2.75, 3.05) is 6.54 Å². The Morgan fingerprint density at radius 3 is 2.41 bits per heavy atom. The lowest BCUT2D eigenvalue weighted by Crippen LogP contribution is -2.32. The van der Waals surface area contributed by atoms with Gasteiger partial charge in [0, 0.05) is 17.6 Å². The highest BCUT2D eigenvalue weighted by atomic mass is 35.5. The maximum atomic E-state index is 10.2. The quantitative estimate of drug-likeness (QED) is 0.804. The summed E-state index contributed by atoms with van der Waals surface area (Å²) in [5.74, 6) is 0. The number of hydrogen-bond donors (Lipinski definition) is 2. The lowest BCUT2D eigenvalue weighted by Gasteiger charge is -2.18. The Bertz CT molecular complexity index is 582. The lowest BCUT2D eigenvalue weighted by molar-refractivity contribution is 0.170. The molecule has 2 aromatic carbocycles. The second kappa shape index (κ2) is 8.33. The van der Waals surface area contributed by atoms with Crippen molar-refractivity contribution in [1.29, 1.82) is 0 Å². The molecule has 0 unspecified atom stereocenters. The molecule has 22 heavy (non-hydrogen) atoms. The molecule has 0 aliphatic rings. The monoisotopic (exact) mass is 317 g/mol. The minimum absolute atomic E-state index is 0.307. The highest BCUT2D eigenvalue weighted by molar-refractivity contribution is 6.30. The largest absolute Gasteiger partial charge is 0.387 e. The van der Waals surface area contributed by atoms with E-state index in [1.807, 2.05) is 24.3 Å². The number of aryl methyl sites for hydroxylation is 1. The smallest absolute Gasteiger partial charge is 0.0914 e. The van der Waals surface area contributed by atoms with E-state index in [2.05, 4.69) is 43.4 Å². The minimum atomic E-state index is -0.538. The predicted octanol–water partition coefficient (Wildman–Crippen LogP) is 4.16. The van der Waals surface area contributed by atoms with E-state index in [4.69, 9.17) is 11.6 Å². The Balaban J connectivity index is 1.82. The maximum Gasteiger partial charge on any atom is 0.0914 e. The van der Waals surface area contributed by atoms with E-state index >= 15 is 0 Å². The fourth-order valence-electron chi connectivity index (χ4n) is 2.48. The SMILES string of the molecule is CCc1ccc(C[C@@H](C)NC[C@H](O)c2cccc(Cl)c2)cc1. The standard InChI is InChI=1S/C19H24ClNO/c1-3-15-7-9-16(10-8-15)11-14(2)21-13-19(22)17-5-4-6-18(20)12-17/h4-10,12,14,19,21-22H,3,11,13H2,1-2H3/t14-,19+/m1/s1. The Kier molecular flexibility index (Phi) is 6.44. The summed E-state index contributed by atoms with van der Waals surface area (Å²) >= 11 is 5.95. The van der Waals surface area contributed by atoms with Crippen LogP contribution in [0.25, 0.3) is 0 Å². The van der Waals surface area contributed by atoms with Crippen LogP contribution >= 0.6 is 11.6 Å². The second-order valence-corrected chi connectivity index (χ2v) is 6.19. The summed E-state index contributed by atoms with van der Waals surface area (Å²) in [5.41, 5.74) is 3.52. The van der Waals surface area contributed by atoms with Gasteiger partial charge in [0.2, 0.25) is 0 Å². The van der Waals surface area contributed by atoms with Crippen molar-refractivity contribution in [3.63, 3.8) is 0 Å². The Labute approximate surface area is 138 Å². The van der Waals surface area contributed by atoms with Crippen molar-refractivity contribution in [2.45, 2.75) is 38.8 Å². The molecule has 2 atom stereocenters.